The third kappa shape index (κ3) is 6.86. The molecule has 154 valence electrons. The van der Waals surface area contributed by atoms with Gasteiger partial charge in [-0.1, -0.05) is 12.1 Å². The van der Waals surface area contributed by atoms with Gasteiger partial charge in [-0.25, -0.2) is 4.79 Å². The van der Waals surface area contributed by atoms with E-state index in [-0.39, 0.29) is 11.7 Å². The topological polar surface area (TPSA) is 72.5 Å². The van der Waals surface area contributed by atoms with Gasteiger partial charge in [-0.2, -0.15) is 13.2 Å². The summed E-state index contributed by atoms with van der Waals surface area (Å²) in [6.45, 7) is 3.12. The number of rotatable bonds is 7. The average Bonchev–Trinajstić information content (AvgIpc) is 3.12. The van der Waals surface area contributed by atoms with E-state index >= 15 is 0 Å². The molecule has 0 saturated carbocycles. The monoisotopic (exact) mass is 425 g/mol. The van der Waals surface area contributed by atoms with Crippen molar-refractivity contribution in [1.82, 2.24) is 5.32 Å². The van der Waals surface area contributed by atoms with E-state index in [0.29, 0.717) is 17.0 Å². The summed E-state index contributed by atoms with van der Waals surface area (Å²) in [6, 6.07) is 7.56. The third-order valence-corrected chi connectivity index (χ3v) is 4.83. The molecule has 1 amide bonds. The van der Waals surface area contributed by atoms with Crippen LogP contribution >= 0.6 is 11.3 Å². The molecular weight excluding hydrogens is 407 g/mol. The summed E-state index contributed by atoms with van der Waals surface area (Å²) in [5, 5.41) is 2.62. The van der Waals surface area contributed by atoms with E-state index in [9.17, 15) is 27.6 Å². The Hall–Kier alpha value is -2.94. The molecular formula is C20H18F3NO4S. The molecule has 0 saturated heterocycles. The van der Waals surface area contributed by atoms with Gasteiger partial charge >= 0.3 is 12.1 Å². The quantitative estimate of drug-likeness (QED) is 0.409. The van der Waals surface area contributed by atoms with Crippen LogP contribution in [-0.4, -0.2) is 23.8 Å². The minimum absolute atomic E-state index is 0.187. The number of alkyl halides is 3. The van der Waals surface area contributed by atoms with E-state index in [1.165, 1.54) is 43.4 Å². The number of ether oxygens (including phenoxy) is 1. The lowest BCUT2D eigenvalue weighted by Gasteiger charge is -2.09. The van der Waals surface area contributed by atoms with Crippen LogP contribution in [-0.2, 0) is 27.0 Å². The lowest BCUT2D eigenvalue weighted by molar-refractivity contribution is -0.140. The highest BCUT2D eigenvalue weighted by atomic mass is 32.1. The number of hydrogen-bond acceptors (Lipinski definition) is 5. The maximum atomic E-state index is 12.5. The van der Waals surface area contributed by atoms with Gasteiger partial charge in [0.2, 0.25) is 11.7 Å². The molecule has 1 unspecified atom stereocenters. The van der Waals surface area contributed by atoms with Crippen molar-refractivity contribution < 1.29 is 32.3 Å². The van der Waals surface area contributed by atoms with Crippen LogP contribution in [0.15, 0.2) is 42.5 Å². The summed E-state index contributed by atoms with van der Waals surface area (Å²) in [4.78, 5) is 36.3. The molecule has 1 heterocycles. The van der Waals surface area contributed by atoms with Crippen LogP contribution in [0.25, 0.3) is 6.08 Å². The van der Waals surface area contributed by atoms with E-state index in [2.05, 4.69) is 5.32 Å². The van der Waals surface area contributed by atoms with E-state index in [1.807, 2.05) is 0 Å². The Balaban J connectivity index is 1.91. The van der Waals surface area contributed by atoms with Gasteiger partial charge in [0.05, 0.1) is 17.0 Å². The fraction of sp³-hybridized carbons (Fsp3) is 0.250. The van der Waals surface area contributed by atoms with Crippen molar-refractivity contribution >= 4 is 35.1 Å². The first kappa shape index (κ1) is 22.4. The van der Waals surface area contributed by atoms with Crippen molar-refractivity contribution in [3.63, 3.8) is 0 Å². The summed E-state index contributed by atoms with van der Waals surface area (Å²) in [7, 11) is 0. The van der Waals surface area contributed by atoms with Crippen LogP contribution in [0.5, 0.6) is 0 Å². The van der Waals surface area contributed by atoms with Crippen molar-refractivity contribution in [1.29, 1.82) is 0 Å². The Bertz CT molecular complexity index is 917. The summed E-state index contributed by atoms with van der Waals surface area (Å²) in [5.74, 6) is -1.37. The predicted octanol–water partition coefficient (Wildman–Crippen LogP) is 4.23. The van der Waals surface area contributed by atoms with E-state index < -0.39 is 23.8 Å². The number of hydrogen-bond donors (Lipinski definition) is 1. The van der Waals surface area contributed by atoms with E-state index in [0.717, 1.165) is 23.1 Å². The number of esters is 1. The second kappa shape index (κ2) is 9.51. The molecule has 0 aliphatic heterocycles. The molecule has 2 rings (SSSR count). The molecule has 5 nitrogen and oxygen atoms in total. The van der Waals surface area contributed by atoms with Gasteiger partial charge in [0.15, 0.2) is 6.10 Å². The van der Waals surface area contributed by atoms with Crippen LogP contribution in [0.4, 0.5) is 13.2 Å². The molecule has 0 aliphatic rings. The van der Waals surface area contributed by atoms with Crippen molar-refractivity contribution in [2.24, 2.45) is 0 Å². The summed E-state index contributed by atoms with van der Waals surface area (Å²) in [5.41, 5.74) is -0.403. The first-order chi connectivity index (χ1) is 13.6. The van der Waals surface area contributed by atoms with Gasteiger partial charge in [-0.15, -0.1) is 11.3 Å². The zero-order valence-corrected chi connectivity index (χ0v) is 16.4. The number of ketones is 1. The molecule has 0 radical (unpaired) electrons. The number of halogens is 3. The summed E-state index contributed by atoms with van der Waals surface area (Å²) in [6.07, 6.45) is -3.12. The Labute approximate surface area is 169 Å². The molecule has 1 aromatic heterocycles. The predicted molar refractivity (Wildman–Crippen MR) is 102 cm³/mol. The number of carbonyl (C=O) groups is 3. The highest BCUT2D eigenvalue weighted by Gasteiger charge is 2.29. The lowest BCUT2D eigenvalue weighted by atomic mass is 10.1. The van der Waals surface area contributed by atoms with Crippen LogP contribution < -0.4 is 5.32 Å². The Kier molecular flexibility index (Phi) is 7.33. The van der Waals surface area contributed by atoms with Crippen LogP contribution in [0.3, 0.4) is 0 Å². The number of amides is 1. The van der Waals surface area contributed by atoms with Gasteiger partial charge in [0, 0.05) is 17.9 Å². The number of carbonyl (C=O) groups excluding carboxylic acids is 3. The highest BCUT2D eigenvalue weighted by molar-refractivity contribution is 7.14. The molecule has 0 fully saturated rings. The normalized spacial score (nSPS) is 12.6. The number of nitrogens with one attached hydrogen (secondary N) is 1. The highest BCUT2D eigenvalue weighted by Crippen LogP contribution is 2.29. The van der Waals surface area contributed by atoms with Gasteiger partial charge in [-0.3, -0.25) is 9.59 Å². The lowest BCUT2D eigenvalue weighted by Crippen LogP contribution is -2.22. The standard InChI is InChI=1S/C20H18F3NO4S/c1-12(19(27)17-9-8-16(29-17)11-24-13(2)25)28-18(26)10-5-14-3-6-15(7-4-14)20(21,22)23/h3-10,12H,11H2,1-2H3,(H,24,25)/b10-5+. The van der Waals surface area contributed by atoms with Gasteiger partial charge < -0.3 is 10.1 Å². The maximum absolute atomic E-state index is 12.5. The van der Waals surface area contributed by atoms with Crippen molar-refractivity contribution in [3.8, 4) is 0 Å². The zero-order chi connectivity index (χ0) is 21.6. The van der Waals surface area contributed by atoms with Crippen molar-refractivity contribution in [2.45, 2.75) is 32.7 Å². The smallest absolute Gasteiger partial charge is 0.416 e. The fourth-order valence-corrected chi connectivity index (χ4v) is 3.20. The van der Waals surface area contributed by atoms with Crippen LogP contribution in [0.2, 0.25) is 0 Å². The van der Waals surface area contributed by atoms with E-state index in [4.69, 9.17) is 4.74 Å². The van der Waals surface area contributed by atoms with Gasteiger partial charge in [-0.05, 0) is 42.8 Å². The van der Waals surface area contributed by atoms with Gasteiger partial charge in [0.1, 0.15) is 0 Å². The molecule has 0 aliphatic carbocycles. The van der Waals surface area contributed by atoms with Crippen molar-refractivity contribution in [2.75, 3.05) is 0 Å². The largest absolute Gasteiger partial charge is 0.451 e. The molecule has 9 heteroatoms. The molecule has 0 spiro atoms. The second-order valence-corrected chi connectivity index (χ2v) is 7.24. The average molecular weight is 425 g/mol. The Morgan fingerprint density at radius 1 is 1.14 bits per heavy atom. The minimum atomic E-state index is -4.43. The second-order valence-electron chi connectivity index (χ2n) is 6.07. The van der Waals surface area contributed by atoms with E-state index in [1.54, 1.807) is 12.1 Å². The molecule has 29 heavy (non-hydrogen) atoms. The van der Waals surface area contributed by atoms with Crippen molar-refractivity contribution in [3.05, 3.63) is 63.4 Å². The molecule has 0 bridgehead atoms. The number of thiophene rings is 1. The summed E-state index contributed by atoms with van der Waals surface area (Å²) < 4.78 is 42.6. The molecule has 1 atom stereocenters. The Morgan fingerprint density at radius 2 is 1.79 bits per heavy atom. The number of Topliss-reactive ketones (excluding diaryl/α,β-unsaturated/α-hetero) is 1. The minimum Gasteiger partial charge on any atom is -0.451 e. The maximum Gasteiger partial charge on any atom is 0.416 e. The first-order valence-electron chi connectivity index (χ1n) is 8.49. The number of benzene rings is 1. The first-order valence-corrected chi connectivity index (χ1v) is 9.31. The van der Waals surface area contributed by atoms with Gasteiger partial charge in [0.25, 0.3) is 0 Å². The van der Waals surface area contributed by atoms with Crippen LogP contribution in [0, 0.1) is 0 Å². The molecule has 1 aromatic carbocycles. The fourth-order valence-electron chi connectivity index (χ4n) is 2.23. The molecule has 2 aromatic rings. The Morgan fingerprint density at radius 3 is 2.38 bits per heavy atom. The zero-order valence-electron chi connectivity index (χ0n) is 15.6. The molecule has 1 N–H and O–H groups in total. The summed E-state index contributed by atoms with van der Waals surface area (Å²) >= 11 is 1.19. The third-order valence-electron chi connectivity index (χ3n) is 3.73. The van der Waals surface area contributed by atoms with Crippen LogP contribution in [0.1, 0.15) is 39.5 Å². The SMILES string of the molecule is CC(=O)NCc1ccc(C(=O)C(C)OC(=O)/C=C/c2ccc(C(F)(F)F)cc2)s1.